The van der Waals surface area contributed by atoms with Gasteiger partial charge in [0.15, 0.2) is 0 Å². The molecule has 3 aromatic rings. The van der Waals surface area contributed by atoms with Crippen molar-refractivity contribution in [2.75, 3.05) is 5.32 Å². The molecule has 3 nitrogen and oxygen atoms in total. The fourth-order valence-electron chi connectivity index (χ4n) is 2.48. The molecule has 0 radical (unpaired) electrons. The van der Waals surface area contributed by atoms with Crippen LogP contribution < -0.4 is 5.32 Å². The molecular weight excluding hydrogens is 314 g/mol. The summed E-state index contributed by atoms with van der Waals surface area (Å²) in [5, 5.41) is 4.68. The predicted molar refractivity (Wildman–Crippen MR) is 87.0 cm³/mol. The van der Waals surface area contributed by atoms with Crippen LogP contribution in [0, 0.1) is 13.8 Å². The number of hydrogen-bond donors (Lipinski definition) is 2. The summed E-state index contributed by atoms with van der Waals surface area (Å²) >= 11 is 3.63. The average molecular weight is 330 g/mol. The first-order chi connectivity index (χ1) is 9.65. The minimum absolute atomic E-state index is 0.772. The Morgan fingerprint density at radius 2 is 2.15 bits per heavy atom. The smallest absolute Gasteiger partial charge is 0.137 e. The number of benzene rings is 1. The van der Waals surface area contributed by atoms with Gasteiger partial charge in [-0.15, -0.1) is 0 Å². The molecule has 20 heavy (non-hydrogen) atoms. The molecule has 0 saturated carbocycles. The summed E-state index contributed by atoms with van der Waals surface area (Å²) in [6.45, 7) is 5.00. The van der Waals surface area contributed by atoms with Gasteiger partial charge in [-0.25, -0.2) is 4.98 Å². The topological polar surface area (TPSA) is 40.7 Å². The van der Waals surface area contributed by atoms with Crippen molar-refractivity contribution in [3.63, 3.8) is 0 Å². The molecule has 0 amide bonds. The Bertz CT molecular complexity index is 738. The van der Waals surface area contributed by atoms with Crippen LogP contribution in [0.25, 0.3) is 11.0 Å². The van der Waals surface area contributed by atoms with Crippen molar-refractivity contribution >= 4 is 32.7 Å². The minimum atomic E-state index is 0.772. The maximum Gasteiger partial charge on any atom is 0.137 e. The summed E-state index contributed by atoms with van der Waals surface area (Å²) in [6, 6.07) is 8.37. The average Bonchev–Trinajstić information content (AvgIpc) is 2.81. The summed E-state index contributed by atoms with van der Waals surface area (Å²) in [6.07, 6.45) is 3.82. The molecule has 0 atom stereocenters. The van der Waals surface area contributed by atoms with E-state index in [0.717, 1.165) is 22.4 Å². The molecule has 0 saturated heterocycles. The third-order valence-corrected chi connectivity index (χ3v) is 4.05. The molecule has 1 aromatic carbocycles. The molecule has 3 rings (SSSR count). The van der Waals surface area contributed by atoms with Gasteiger partial charge in [-0.05, 0) is 64.7 Å². The highest BCUT2D eigenvalue weighted by molar-refractivity contribution is 9.10. The Morgan fingerprint density at radius 1 is 1.30 bits per heavy atom. The number of aromatic nitrogens is 2. The summed E-state index contributed by atoms with van der Waals surface area (Å²) in [4.78, 5) is 7.51. The summed E-state index contributed by atoms with van der Waals surface area (Å²) in [7, 11) is 0. The number of fused-ring (bicyclic) bond motifs is 1. The number of nitrogens with zero attached hydrogens (tertiary/aromatic N) is 1. The SMILES string of the molecule is Cc1cc(C)c(NCc2c[nH]c3ncccc23)c(Br)c1. The number of H-pyrrole nitrogens is 1. The molecule has 102 valence electrons. The van der Waals surface area contributed by atoms with Crippen molar-refractivity contribution in [3.05, 3.63) is 57.8 Å². The highest BCUT2D eigenvalue weighted by Crippen LogP contribution is 2.28. The van der Waals surface area contributed by atoms with Crippen LogP contribution in [0.15, 0.2) is 41.1 Å². The summed E-state index contributed by atoms with van der Waals surface area (Å²) < 4.78 is 1.10. The van der Waals surface area contributed by atoms with Gasteiger partial charge in [0.05, 0.1) is 5.69 Å². The number of nitrogens with one attached hydrogen (secondary N) is 2. The molecule has 0 bridgehead atoms. The Hall–Kier alpha value is -1.81. The second-order valence-electron chi connectivity index (χ2n) is 5.01. The molecule has 0 fully saturated rings. The molecule has 2 heterocycles. The molecule has 0 spiro atoms. The maximum absolute atomic E-state index is 4.31. The monoisotopic (exact) mass is 329 g/mol. The third-order valence-electron chi connectivity index (χ3n) is 3.42. The molecule has 0 aliphatic carbocycles. The van der Waals surface area contributed by atoms with Crippen LogP contribution in [0.2, 0.25) is 0 Å². The lowest BCUT2D eigenvalue weighted by atomic mass is 10.1. The normalized spacial score (nSPS) is 10.9. The van der Waals surface area contributed by atoms with Crippen molar-refractivity contribution in [1.29, 1.82) is 0 Å². The quantitative estimate of drug-likeness (QED) is 0.739. The Kier molecular flexibility index (Phi) is 3.49. The molecule has 0 aliphatic rings. The highest BCUT2D eigenvalue weighted by atomic mass is 79.9. The van der Waals surface area contributed by atoms with E-state index in [4.69, 9.17) is 0 Å². The van der Waals surface area contributed by atoms with Crippen LogP contribution in [0.4, 0.5) is 5.69 Å². The van der Waals surface area contributed by atoms with Gasteiger partial charge in [0.2, 0.25) is 0 Å². The first kappa shape index (κ1) is 13.2. The summed E-state index contributed by atoms with van der Waals surface area (Å²) in [5.41, 5.74) is 5.81. The van der Waals surface area contributed by atoms with E-state index in [0.29, 0.717) is 0 Å². The lowest BCUT2D eigenvalue weighted by Gasteiger charge is -2.12. The first-order valence-electron chi connectivity index (χ1n) is 6.57. The van der Waals surface area contributed by atoms with Crippen LogP contribution in [-0.2, 0) is 6.54 Å². The number of pyridine rings is 1. The van der Waals surface area contributed by atoms with E-state index in [1.54, 1.807) is 6.20 Å². The summed E-state index contributed by atoms with van der Waals surface area (Å²) in [5.74, 6) is 0. The standard InChI is InChI=1S/C16H16BrN3/c1-10-6-11(2)15(14(17)7-10)19-8-12-9-20-16-13(12)4-3-5-18-16/h3-7,9,19H,8H2,1-2H3,(H,18,20). The molecule has 2 aromatic heterocycles. The van der Waals surface area contributed by atoms with Gasteiger partial charge >= 0.3 is 0 Å². The van der Waals surface area contributed by atoms with Crippen LogP contribution >= 0.6 is 15.9 Å². The zero-order valence-electron chi connectivity index (χ0n) is 11.5. The molecule has 0 aliphatic heterocycles. The van der Waals surface area contributed by atoms with Crippen LogP contribution in [0.3, 0.4) is 0 Å². The second kappa shape index (κ2) is 5.29. The fraction of sp³-hybridized carbons (Fsp3) is 0.188. The second-order valence-corrected chi connectivity index (χ2v) is 5.86. The van der Waals surface area contributed by atoms with Crippen LogP contribution in [-0.4, -0.2) is 9.97 Å². The van der Waals surface area contributed by atoms with Gasteiger partial charge in [0, 0.05) is 28.8 Å². The number of halogens is 1. The number of rotatable bonds is 3. The van der Waals surface area contributed by atoms with Gasteiger partial charge in [0.1, 0.15) is 5.65 Å². The van der Waals surface area contributed by atoms with E-state index in [9.17, 15) is 0 Å². The maximum atomic E-state index is 4.31. The highest BCUT2D eigenvalue weighted by Gasteiger charge is 2.07. The zero-order chi connectivity index (χ0) is 14.1. The molecule has 2 N–H and O–H groups in total. The van der Waals surface area contributed by atoms with E-state index in [2.05, 4.69) is 63.3 Å². The fourth-order valence-corrected chi connectivity index (χ4v) is 3.30. The number of anilines is 1. The Morgan fingerprint density at radius 3 is 2.95 bits per heavy atom. The number of aromatic amines is 1. The predicted octanol–water partition coefficient (Wildman–Crippen LogP) is 4.55. The van der Waals surface area contributed by atoms with E-state index in [1.165, 1.54) is 22.1 Å². The van der Waals surface area contributed by atoms with E-state index < -0.39 is 0 Å². The lowest BCUT2D eigenvalue weighted by molar-refractivity contribution is 1.14. The van der Waals surface area contributed by atoms with E-state index in [-0.39, 0.29) is 0 Å². The molecule has 4 heteroatoms. The number of hydrogen-bond acceptors (Lipinski definition) is 2. The van der Waals surface area contributed by atoms with Gasteiger partial charge in [-0.3, -0.25) is 0 Å². The van der Waals surface area contributed by atoms with Gasteiger partial charge in [0.25, 0.3) is 0 Å². The van der Waals surface area contributed by atoms with Crippen LogP contribution in [0.5, 0.6) is 0 Å². The van der Waals surface area contributed by atoms with Crippen molar-refractivity contribution in [2.24, 2.45) is 0 Å². The van der Waals surface area contributed by atoms with Crippen molar-refractivity contribution in [2.45, 2.75) is 20.4 Å². The Balaban J connectivity index is 1.87. The largest absolute Gasteiger partial charge is 0.380 e. The van der Waals surface area contributed by atoms with Crippen LogP contribution in [0.1, 0.15) is 16.7 Å². The number of aryl methyl sites for hydroxylation is 2. The van der Waals surface area contributed by atoms with Crippen molar-refractivity contribution < 1.29 is 0 Å². The third kappa shape index (κ3) is 2.43. The Labute approximate surface area is 126 Å². The van der Waals surface area contributed by atoms with Crippen molar-refractivity contribution in [3.8, 4) is 0 Å². The molecule has 0 unspecified atom stereocenters. The van der Waals surface area contributed by atoms with Gasteiger partial charge in [-0.1, -0.05) is 6.07 Å². The van der Waals surface area contributed by atoms with Gasteiger partial charge < -0.3 is 10.3 Å². The molecular formula is C16H16BrN3. The van der Waals surface area contributed by atoms with Gasteiger partial charge in [-0.2, -0.15) is 0 Å². The van der Waals surface area contributed by atoms with Crippen molar-refractivity contribution in [1.82, 2.24) is 9.97 Å². The van der Waals surface area contributed by atoms with E-state index in [1.807, 2.05) is 12.3 Å². The minimum Gasteiger partial charge on any atom is -0.380 e. The zero-order valence-corrected chi connectivity index (χ0v) is 13.1. The lowest BCUT2D eigenvalue weighted by Crippen LogP contribution is -2.01. The van der Waals surface area contributed by atoms with E-state index >= 15 is 0 Å². The first-order valence-corrected chi connectivity index (χ1v) is 7.36.